The van der Waals surface area contributed by atoms with E-state index in [1.807, 2.05) is 30.3 Å². The molecule has 0 fully saturated rings. The minimum Gasteiger partial charge on any atom is -0.486 e. The minimum atomic E-state index is -4.91. The van der Waals surface area contributed by atoms with Crippen LogP contribution >= 0.6 is 0 Å². The van der Waals surface area contributed by atoms with Gasteiger partial charge in [-0.3, -0.25) is 4.79 Å². The molecule has 12 heteroatoms. The van der Waals surface area contributed by atoms with E-state index >= 15 is 0 Å². The summed E-state index contributed by atoms with van der Waals surface area (Å²) in [6.07, 6.45) is -1.62. The second-order valence-corrected chi connectivity index (χ2v) is 8.54. The Hall–Kier alpha value is -4.35. The molecule has 37 heavy (non-hydrogen) atoms. The molecule has 2 aromatic heterocycles. The van der Waals surface area contributed by atoms with Crippen LogP contribution in [-0.4, -0.2) is 41.8 Å². The van der Waals surface area contributed by atoms with E-state index in [-0.39, 0.29) is 18.9 Å². The number of nitrogens with zero attached hydrogens (tertiary/aromatic N) is 6. The zero-order valence-electron chi connectivity index (χ0n) is 19.5. The number of alkyl halides is 3. The van der Waals surface area contributed by atoms with Gasteiger partial charge in [-0.2, -0.15) is 17.9 Å². The third kappa shape index (κ3) is 4.86. The van der Waals surface area contributed by atoms with Crippen LogP contribution in [0.1, 0.15) is 39.8 Å². The lowest BCUT2D eigenvalue weighted by Gasteiger charge is -2.33. The molecule has 0 aliphatic carbocycles. The van der Waals surface area contributed by atoms with Crippen molar-refractivity contribution in [1.82, 2.24) is 29.9 Å². The van der Waals surface area contributed by atoms with Gasteiger partial charge in [-0.05, 0) is 24.6 Å². The molecular formula is C25H20F4N6O2. The molecule has 2 aromatic carbocycles. The molecule has 1 atom stereocenters. The van der Waals surface area contributed by atoms with Crippen molar-refractivity contribution in [3.8, 4) is 11.7 Å². The van der Waals surface area contributed by atoms with Crippen molar-refractivity contribution in [3.63, 3.8) is 0 Å². The van der Waals surface area contributed by atoms with E-state index in [9.17, 15) is 22.4 Å². The van der Waals surface area contributed by atoms with Crippen LogP contribution in [-0.2, 0) is 25.7 Å². The van der Waals surface area contributed by atoms with E-state index in [0.717, 1.165) is 17.7 Å². The average molecular weight is 512 g/mol. The number of benzene rings is 2. The first kappa shape index (κ1) is 24.3. The zero-order valence-corrected chi connectivity index (χ0v) is 19.5. The van der Waals surface area contributed by atoms with Gasteiger partial charge in [-0.25, -0.2) is 14.4 Å². The number of carbonyl (C=O) groups is 1. The van der Waals surface area contributed by atoms with Gasteiger partial charge in [0.05, 0.1) is 35.8 Å². The first-order valence-corrected chi connectivity index (χ1v) is 11.3. The summed E-state index contributed by atoms with van der Waals surface area (Å²) in [6, 6.07) is 11.8. The number of halogens is 4. The maximum atomic E-state index is 14.6. The largest absolute Gasteiger partial charge is 0.486 e. The van der Waals surface area contributed by atoms with Crippen LogP contribution in [0.25, 0.3) is 5.95 Å². The smallest absolute Gasteiger partial charge is 0.419 e. The molecule has 1 aliphatic heterocycles. The Bertz CT molecular complexity index is 1420. The number of fused-ring (bicyclic) bond motifs is 1. The van der Waals surface area contributed by atoms with Crippen LogP contribution in [0.4, 0.5) is 17.6 Å². The summed E-state index contributed by atoms with van der Waals surface area (Å²) in [6.45, 7) is 2.02. The predicted octanol–water partition coefficient (Wildman–Crippen LogP) is 4.38. The summed E-state index contributed by atoms with van der Waals surface area (Å²) in [5.41, 5.74) is -0.0594. The van der Waals surface area contributed by atoms with Crippen LogP contribution in [0.15, 0.2) is 60.9 Å². The van der Waals surface area contributed by atoms with Gasteiger partial charge < -0.3 is 9.64 Å². The SMILES string of the molecule is C[C@H]1Cc2c(nnn2-c2ncc(OCc3ccccc3)cn2)CN1C(=O)c1cccc(C(F)(F)F)c1F. The summed E-state index contributed by atoms with van der Waals surface area (Å²) < 4.78 is 61.1. The standard InChI is InChI=1S/C25H20F4N6O2/c1-15-10-21-20(13-34(15)23(36)18-8-5-9-19(22(18)26)25(27,28)29)32-33-35(21)24-30-11-17(12-31-24)37-14-16-6-3-2-4-7-16/h2-9,11-12,15H,10,13-14H2,1H3/t15-/m0/s1. The van der Waals surface area contributed by atoms with Crippen LogP contribution in [0.3, 0.4) is 0 Å². The second-order valence-electron chi connectivity index (χ2n) is 8.54. The Morgan fingerprint density at radius 2 is 1.81 bits per heavy atom. The number of carbonyl (C=O) groups excluding carboxylic acids is 1. The maximum Gasteiger partial charge on any atom is 0.419 e. The third-order valence-corrected chi connectivity index (χ3v) is 6.03. The molecule has 1 aliphatic rings. The number of ether oxygens (including phenoxy) is 1. The number of hydrogen-bond acceptors (Lipinski definition) is 6. The lowest BCUT2D eigenvalue weighted by Crippen LogP contribution is -2.43. The predicted molar refractivity (Wildman–Crippen MR) is 122 cm³/mol. The highest BCUT2D eigenvalue weighted by Gasteiger charge is 2.38. The van der Waals surface area contributed by atoms with Crippen molar-refractivity contribution < 1.29 is 27.1 Å². The fraction of sp³-hybridized carbons (Fsp3) is 0.240. The quantitative estimate of drug-likeness (QED) is 0.369. The Balaban J connectivity index is 1.33. The van der Waals surface area contributed by atoms with Gasteiger partial charge in [0.1, 0.15) is 18.1 Å². The van der Waals surface area contributed by atoms with Gasteiger partial charge in [0, 0.05) is 12.5 Å². The van der Waals surface area contributed by atoms with E-state index in [2.05, 4.69) is 20.3 Å². The Labute approximate surface area is 208 Å². The summed E-state index contributed by atoms with van der Waals surface area (Å²) in [7, 11) is 0. The Morgan fingerprint density at radius 3 is 2.51 bits per heavy atom. The van der Waals surface area contributed by atoms with Crippen molar-refractivity contribution in [2.75, 3.05) is 0 Å². The lowest BCUT2D eigenvalue weighted by molar-refractivity contribution is -0.140. The highest BCUT2D eigenvalue weighted by molar-refractivity contribution is 5.95. The van der Waals surface area contributed by atoms with Crippen LogP contribution in [0.2, 0.25) is 0 Å². The number of hydrogen-bond donors (Lipinski definition) is 0. The van der Waals surface area contributed by atoms with Gasteiger partial charge in [-0.15, -0.1) is 5.10 Å². The van der Waals surface area contributed by atoms with Gasteiger partial charge in [0.15, 0.2) is 5.75 Å². The first-order chi connectivity index (χ1) is 17.7. The normalized spacial score (nSPS) is 15.4. The van der Waals surface area contributed by atoms with Crippen LogP contribution in [0, 0.1) is 5.82 Å². The second kappa shape index (κ2) is 9.60. The fourth-order valence-electron chi connectivity index (χ4n) is 4.10. The molecule has 0 spiro atoms. The van der Waals surface area contributed by atoms with Gasteiger partial charge >= 0.3 is 6.18 Å². The molecule has 1 amide bonds. The third-order valence-electron chi connectivity index (χ3n) is 6.03. The van der Waals surface area contributed by atoms with E-state index in [4.69, 9.17) is 4.74 Å². The highest BCUT2D eigenvalue weighted by atomic mass is 19.4. The van der Waals surface area contributed by atoms with Crippen molar-refractivity contribution in [2.45, 2.75) is 38.7 Å². The van der Waals surface area contributed by atoms with Crippen LogP contribution in [0.5, 0.6) is 5.75 Å². The van der Waals surface area contributed by atoms with Crippen molar-refractivity contribution in [2.24, 2.45) is 0 Å². The summed E-state index contributed by atoms with van der Waals surface area (Å²) in [5, 5.41) is 8.20. The average Bonchev–Trinajstić information content (AvgIpc) is 3.29. The van der Waals surface area contributed by atoms with E-state index in [0.29, 0.717) is 29.8 Å². The van der Waals surface area contributed by atoms with Gasteiger partial charge in [0.25, 0.3) is 11.9 Å². The highest BCUT2D eigenvalue weighted by Crippen LogP contribution is 2.33. The van der Waals surface area contributed by atoms with E-state index in [1.54, 1.807) is 6.92 Å². The zero-order chi connectivity index (χ0) is 26.2. The fourth-order valence-corrected chi connectivity index (χ4v) is 4.10. The molecule has 0 radical (unpaired) electrons. The monoisotopic (exact) mass is 512 g/mol. The molecule has 5 rings (SSSR count). The minimum absolute atomic E-state index is 0.0523. The molecule has 0 saturated carbocycles. The van der Waals surface area contributed by atoms with Crippen molar-refractivity contribution >= 4 is 5.91 Å². The molecule has 4 aromatic rings. The van der Waals surface area contributed by atoms with Crippen molar-refractivity contribution in [3.05, 3.63) is 94.8 Å². The number of amides is 1. The molecule has 0 unspecified atom stereocenters. The molecule has 3 heterocycles. The summed E-state index contributed by atoms with van der Waals surface area (Å²) >= 11 is 0. The molecule has 0 N–H and O–H groups in total. The first-order valence-electron chi connectivity index (χ1n) is 11.3. The lowest BCUT2D eigenvalue weighted by atomic mass is 10.0. The Kier molecular flexibility index (Phi) is 6.32. The van der Waals surface area contributed by atoms with E-state index in [1.165, 1.54) is 22.0 Å². The summed E-state index contributed by atoms with van der Waals surface area (Å²) in [5.74, 6) is -1.73. The molecule has 0 bridgehead atoms. The van der Waals surface area contributed by atoms with Gasteiger partial charge in [0.2, 0.25) is 0 Å². The van der Waals surface area contributed by atoms with Gasteiger partial charge in [-0.1, -0.05) is 41.6 Å². The topological polar surface area (TPSA) is 86.0 Å². The molecular weight excluding hydrogens is 492 g/mol. The van der Waals surface area contributed by atoms with Crippen molar-refractivity contribution in [1.29, 1.82) is 0 Å². The summed E-state index contributed by atoms with van der Waals surface area (Å²) in [4.78, 5) is 22.9. The molecule has 190 valence electrons. The number of rotatable bonds is 5. The van der Waals surface area contributed by atoms with E-state index < -0.39 is 35.1 Å². The number of aromatic nitrogens is 5. The maximum absolute atomic E-state index is 14.6. The van der Waals surface area contributed by atoms with Crippen LogP contribution < -0.4 is 4.74 Å². The molecule has 8 nitrogen and oxygen atoms in total. The molecule has 0 saturated heterocycles. The Morgan fingerprint density at radius 1 is 1.08 bits per heavy atom.